The molecule has 76 valence electrons. The molecule has 1 saturated carbocycles. The molecule has 0 saturated heterocycles. The Morgan fingerprint density at radius 2 is 2.15 bits per heavy atom. The smallest absolute Gasteiger partial charge is 0.0646 e. The molecule has 1 fully saturated rings. The van der Waals surface area contributed by atoms with Gasteiger partial charge in [0.05, 0.1) is 18.8 Å². The standard InChI is InChI=1S/C9H18N2O2/c1-7(6-12)10-11-8-2-4-9(13)5-3-8/h7,9-10,12-13H,2-6H2,1H3. The Labute approximate surface area is 78.7 Å². The molecule has 0 aromatic heterocycles. The molecule has 1 rings (SSSR count). The first-order chi connectivity index (χ1) is 6.22. The largest absolute Gasteiger partial charge is 0.394 e. The zero-order chi connectivity index (χ0) is 9.68. The molecule has 0 spiro atoms. The van der Waals surface area contributed by atoms with Crippen molar-refractivity contribution in [2.24, 2.45) is 5.10 Å². The van der Waals surface area contributed by atoms with E-state index >= 15 is 0 Å². The highest BCUT2D eigenvalue weighted by Gasteiger charge is 2.14. The third kappa shape index (κ3) is 3.74. The SMILES string of the molecule is CC(CO)NN=C1CCC(O)CC1. The topological polar surface area (TPSA) is 64.8 Å². The summed E-state index contributed by atoms with van der Waals surface area (Å²) in [6.45, 7) is 1.97. The number of hydrogen-bond donors (Lipinski definition) is 3. The van der Waals surface area contributed by atoms with Crippen LogP contribution in [-0.4, -0.2) is 34.7 Å². The summed E-state index contributed by atoms with van der Waals surface area (Å²) in [5.41, 5.74) is 3.98. The minimum absolute atomic E-state index is 0.0133. The van der Waals surface area contributed by atoms with E-state index in [0.29, 0.717) is 0 Å². The lowest BCUT2D eigenvalue weighted by Gasteiger charge is -2.18. The van der Waals surface area contributed by atoms with Gasteiger partial charge in [-0.1, -0.05) is 0 Å². The van der Waals surface area contributed by atoms with Crippen LogP contribution in [0.15, 0.2) is 5.10 Å². The molecule has 4 nitrogen and oxygen atoms in total. The van der Waals surface area contributed by atoms with Crippen molar-refractivity contribution >= 4 is 5.71 Å². The first-order valence-electron chi connectivity index (χ1n) is 4.82. The Balaban J connectivity index is 2.27. The lowest BCUT2D eigenvalue weighted by Crippen LogP contribution is -2.27. The summed E-state index contributed by atoms with van der Waals surface area (Å²) in [5.74, 6) is 0. The van der Waals surface area contributed by atoms with Crippen LogP contribution in [0.4, 0.5) is 0 Å². The minimum atomic E-state index is -0.144. The van der Waals surface area contributed by atoms with Crippen molar-refractivity contribution in [1.82, 2.24) is 5.43 Å². The Morgan fingerprint density at radius 3 is 2.69 bits per heavy atom. The van der Waals surface area contributed by atoms with Crippen molar-refractivity contribution in [3.63, 3.8) is 0 Å². The van der Waals surface area contributed by atoms with Gasteiger partial charge in [0.15, 0.2) is 0 Å². The van der Waals surface area contributed by atoms with Gasteiger partial charge in [0.25, 0.3) is 0 Å². The van der Waals surface area contributed by atoms with E-state index in [0.717, 1.165) is 31.4 Å². The summed E-state index contributed by atoms with van der Waals surface area (Å²) in [6.07, 6.45) is 3.22. The lowest BCUT2D eigenvalue weighted by atomic mass is 9.96. The highest BCUT2D eigenvalue weighted by atomic mass is 16.3. The fourth-order valence-corrected chi connectivity index (χ4v) is 1.29. The van der Waals surface area contributed by atoms with Crippen LogP contribution >= 0.6 is 0 Å². The molecule has 0 aromatic rings. The number of nitrogens with zero attached hydrogens (tertiary/aromatic N) is 1. The fourth-order valence-electron chi connectivity index (χ4n) is 1.29. The maximum absolute atomic E-state index is 9.24. The molecule has 3 N–H and O–H groups in total. The molecule has 0 amide bonds. The zero-order valence-corrected chi connectivity index (χ0v) is 8.03. The van der Waals surface area contributed by atoms with Crippen LogP contribution in [-0.2, 0) is 0 Å². The second-order valence-electron chi connectivity index (χ2n) is 3.62. The van der Waals surface area contributed by atoms with Gasteiger partial charge >= 0.3 is 0 Å². The Morgan fingerprint density at radius 1 is 1.54 bits per heavy atom. The third-order valence-corrected chi connectivity index (χ3v) is 2.25. The van der Waals surface area contributed by atoms with Crippen LogP contribution in [0.2, 0.25) is 0 Å². The van der Waals surface area contributed by atoms with Gasteiger partial charge in [-0.15, -0.1) is 0 Å². The molecule has 1 aliphatic rings. The third-order valence-electron chi connectivity index (χ3n) is 2.25. The molecule has 13 heavy (non-hydrogen) atoms. The van der Waals surface area contributed by atoms with Gasteiger partial charge in [0, 0.05) is 5.71 Å². The maximum atomic E-state index is 9.24. The highest BCUT2D eigenvalue weighted by Crippen LogP contribution is 2.15. The monoisotopic (exact) mass is 186 g/mol. The second-order valence-corrected chi connectivity index (χ2v) is 3.62. The van der Waals surface area contributed by atoms with E-state index < -0.39 is 0 Å². The van der Waals surface area contributed by atoms with Crippen molar-refractivity contribution in [2.45, 2.75) is 44.8 Å². The maximum Gasteiger partial charge on any atom is 0.0646 e. The number of aliphatic hydroxyl groups is 2. The first-order valence-corrected chi connectivity index (χ1v) is 4.82. The molecule has 0 aliphatic heterocycles. The van der Waals surface area contributed by atoms with Crippen LogP contribution in [0.3, 0.4) is 0 Å². The predicted molar refractivity (Wildman–Crippen MR) is 51.6 cm³/mol. The van der Waals surface area contributed by atoms with E-state index in [2.05, 4.69) is 10.5 Å². The Hall–Kier alpha value is -0.610. The molecule has 1 aliphatic carbocycles. The summed E-state index contributed by atoms with van der Waals surface area (Å²) < 4.78 is 0. The van der Waals surface area contributed by atoms with Gasteiger partial charge in [0.2, 0.25) is 0 Å². The molecule has 0 radical (unpaired) electrons. The number of nitrogens with one attached hydrogen (secondary N) is 1. The average Bonchev–Trinajstić information content (AvgIpc) is 2.16. The quantitative estimate of drug-likeness (QED) is 0.553. The summed E-state index contributed by atoms with van der Waals surface area (Å²) >= 11 is 0. The van der Waals surface area contributed by atoms with Crippen LogP contribution in [0.5, 0.6) is 0 Å². The molecular weight excluding hydrogens is 168 g/mol. The number of hydrogen-bond acceptors (Lipinski definition) is 4. The van der Waals surface area contributed by atoms with Gasteiger partial charge in [-0.2, -0.15) is 5.10 Å². The summed E-state index contributed by atoms with van der Waals surface area (Å²) in [4.78, 5) is 0. The Kier molecular flexibility index (Phi) is 4.18. The van der Waals surface area contributed by atoms with Crippen LogP contribution < -0.4 is 5.43 Å². The van der Waals surface area contributed by atoms with E-state index in [-0.39, 0.29) is 18.8 Å². The average molecular weight is 186 g/mol. The lowest BCUT2D eigenvalue weighted by molar-refractivity contribution is 0.152. The highest BCUT2D eigenvalue weighted by molar-refractivity contribution is 5.84. The minimum Gasteiger partial charge on any atom is -0.394 e. The van der Waals surface area contributed by atoms with Gasteiger partial charge in [-0.05, 0) is 32.6 Å². The zero-order valence-electron chi connectivity index (χ0n) is 8.03. The van der Waals surface area contributed by atoms with Crippen molar-refractivity contribution in [1.29, 1.82) is 0 Å². The van der Waals surface area contributed by atoms with E-state index in [9.17, 15) is 5.11 Å². The number of rotatable bonds is 3. The van der Waals surface area contributed by atoms with Crippen molar-refractivity contribution in [3.05, 3.63) is 0 Å². The van der Waals surface area contributed by atoms with E-state index in [1.54, 1.807) is 0 Å². The van der Waals surface area contributed by atoms with E-state index in [4.69, 9.17) is 5.11 Å². The number of hydrazone groups is 1. The molecule has 0 bridgehead atoms. The fraction of sp³-hybridized carbons (Fsp3) is 0.889. The molecule has 4 heteroatoms. The molecule has 0 aromatic carbocycles. The molecular formula is C9H18N2O2. The van der Waals surface area contributed by atoms with Gasteiger partial charge in [-0.25, -0.2) is 0 Å². The van der Waals surface area contributed by atoms with Crippen LogP contribution in [0.1, 0.15) is 32.6 Å². The second kappa shape index (κ2) is 5.19. The summed E-state index contributed by atoms with van der Waals surface area (Å²) in [7, 11) is 0. The molecule has 1 unspecified atom stereocenters. The first kappa shape index (κ1) is 10.5. The van der Waals surface area contributed by atoms with Crippen molar-refractivity contribution in [2.75, 3.05) is 6.61 Å². The summed E-state index contributed by atoms with van der Waals surface area (Å²) in [5, 5.41) is 22.2. The van der Waals surface area contributed by atoms with Crippen LogP contribution in [0, 0.1) is 0 Å². The van der Waals surface area contributed by atoms with Gasteiger partial charge in [0.1, 0.15) is 0 Å². The van der Waals surface area contributed by atoms with Gasteiger partial charge < -0.3 is 15.6 Å². The van der Waals surface area contributed by atoms with Gasteiger partial charge in [-0.3, -0.25) is 0 Å². The van der Waals surface area contributed by atoms with Crippen LogP contribution in [0.25, 0.3) is 0 Å². The molecule has 0 heterocycles. The normalized spacial score (nSPS) is 25.5. The predicted octanol–water partition coefficient (Wildman–Crippen LogP) is 0.248. The van der Waals surface area contributed by atoms with E-state index in [1.165, 1.54) is 0 Å². The van der Waals surface area contributed by atoms with Crippen molar-refractivity contribution < 1.29 is 10.2 Å². The summed E-state index contributed by atoms with van der Waals surface area (Å²) in [6, 6.07) is 0.0133. The van der Waals surface area contributed by atoms with E-state index in [1.807, 2.05) is 6.92 Å². The molecule has 1 atom stereocenters. The number of aliphatic hydroxyl groups excluding tert-OH is 2. The Bertz CT molecular complexity index is 172. The van der Waals surface area contributed by atoms with Crippen molar-refractivity contribution in [3.8, 4) is 0 Å².